The van der Waals surface area contributed by atoms with Crippen LogP contribution in [0.3, 0.4) is 0 Å². The van der Waals surface area contributed by atoms with Gasteiger partial charge in [-0.2, -0.15) is 0 Å². The molecule has 0 aliphatic carbocycles. The van der Waals surface area contributed by atoms with Crippen molar-refractivity contribution in [2.45, 2.75) is 47.0 Å². The van der Waals surface area contributed by atoms with Crippen LogP contribution < -0.4 is 16.2 Å². The first kappa shape index (κ1) is 15.7. The number of aryl methyl sites for hydroxylation is 1. The molecular weight excluding hydrogens is 238 g/mol. The Hall–Kier alpha value is -1.36. The minimum absolute atomic E-state index is 0.642. The lowest BCUT2D eigenvalue weighted by atomic mass is 10.1. The molecule has 3 N–H and O–H groups in total. The van der Waals surface area contributed by atoms with Gasteiger partial charge in [0.1, 0.15) is 17.5 Å². The van der Waals surface area contributed by atoms with Gasteiger partial charge in [-0.05, 0) is 19.3 Å². The molecule has 1 atom stereocenters. The van der Waals surface area contributed by atoms with Crippen LogP contribution in [0.2, 0.25) is 0 Å². The lowest BCUT2D eigenvalue weighted by molar-refractivity contribution is 0.556. The summed E-state index contributed by atoms with van der Waals surface area (Å²) in [6.07, 6.45) is 3.07. The van der Waals surface area contributed by atoms with Gasteiger partial charge in [-0.1, -0.05) is 27.2 Å². The fraction of sp³-hybridized carbons (Fsp3) is 0.714. The normalized spacial score (nSPS) is 12.3. The highest BCUT2D eigenvalue weighted by Crippen LogP contribution is 2.23. The van der Waals surface area contributed by atoms with Crippen LogP contribution in [0.15, 0.2) is 0 Å². The Morgan fingerprint density at radius 1 is 1.32 bits per heavy atom. The maximum Gasteiger partial charge on any atom is 0.148 e. The third-order valence-electron chi connectivity index (χ3n) is 3.42. The van der Waals surface area contributed by atoms with Crippen LogP contribution in [0.4, 0.5) is 11.6 Å². The first-order chi connectivity index (χ1) is 9.03. The summed E-state index contributed by atoms with van der Waals surface area (Å²) in [6.45, 7) is 9.58. The molecule has 5 heteroatoms. The molecular formula is C14H27N5. The molecule has 0 radical (unpaired) electrons. The minimum Gasteiger partial charge on any atom is -0.359 e. The smallest absolute Gasteiger partial charge is 0.148 e. The van der Waals surface area contributed by atoms with Crippen LogP contribution >= 0.6 is 0 Å². The molecule has 0 saturated carbocycles. The zero-order valence-electron chi connectivity index (χ0n) is 12.8. The Bertz CT molecular complexity index is 405. The number of hydrazine groups is 1. The van der Waals surface area contributed by atoms with Crippen LogP contribution in [0.5, 0.6) is 0 Å². The van der Waals surface area contributed by atoms with E-state index in [1.165, 1.54) is 0 Å². The summed E-state index contributed by atoms with van der Waals surface area (Å²) in [6, 6.07) is 0. The van der Waals surface area contributed by atoms with Crippen LogP contribution in [0.1, 0.15) is 45.0 Å². The van der Waals surface area contributed by atoms with Gasteiger partial charge in [0.05, 0.1) is 0 Å². The van der Waals surface area contributed by atoms with Gasteiger partial charge in [0.25, 0.3) is 0 Å². The van der Waals surface area contributed by atoms with Gasteiger partial charge < -0.3 is 10.3 Å². The molecule has 1 heterocycles. The maximum absolute atomic E-state index is 5.55. The van der Waals surface area contributed by atoms with Gasteiger partial charge in [0.15, 0.2) is 0 Å². The van der Waals surface area contributed by atoms with Gasteiger partial charge in [0, 0.05) is 25.6 Å². The highest BCUT2D eigenvalue weighted by atomic mass is 15.3. The van der Waals surface area contributed by atoms with E-state index in [0.29, 0.717) is 5.92 Å². The van der Waals surface area contributed by atoms with E-state index in [9.17, 15) is 0 Å². The molecule has 0 bridgehead atoms. The molecule has 0 spiro atoms. The molecule has 1 aromatic heterocycles. The molecule has 5 nitrogen and oxygen atoms in total. The zero-order chi connectivity index (χ0) is 14.4. The number of nitrogens with zero attached hydrogens (tertiary/aromatic N) is 3. The van der Waals surface area contributed by atoms with Crippen LogP contribution in [-0.4, -0.2) is 23.6 Å². The molecule has 0 fully saturated rings. The second-order valence-electron chi connectivity index (χ2n) is 5.23. The Morgan fingerprint density at radius 2 is 2.00 bits per heavy atom. The molecule has 1 rings (SSSR count). The maximum atomic E-state index is 5.55. The predicted molar refractivity (Wildman–Crippen MR) is 81.3 cm³/mol. The number of nitrogens with one attached hydrogen (secondary N) is 1. The average molecular weight is 265 g/mol. The van der Waals surface area contributed by atoms with Crippen LogP contribution in [-0.2, 0) is 6.42 Å². The van der Waals surface area contributed by atoms with Crippen LogP contribution in [0, 0.1) is 12.8 Å². The molecule has 1 unspecified atom stereocenters. The molecule has 0 aromatic carbocycles. The first-order valence-electron chi connectivity index (χ1n) is 7.08. The second-order valence-corrected chi connectivity index (χ2v) is 5.23. The Kier molecular flexibility index (Phi) is 6.02. The summed E-state index contributed by atoms with van der Waals surface area (Å²) in [4.78, 5) is 11.3. The number of rotatable bonds is 7. The van der Waals surface area contributed by atoms with Crippen molar-refractivity contribution in [3.63, 3.8) is 0 Å². The van der Waals surface area contributed by atoms with Gasteiger partial charge in [0.2, 0.25) is 0 Å². The van der Waals surface area contributed by atoms with Crippen molar-refractivity contribution < 1.29 is 0 Å². The van der Waals surface area contributed by atoms with Crippen molar-refractivity contribution >= 4 is 11.6 Å². The molecule has 19 heavy (non-hydrogen) atoms. The van der Waals surface area contributed by atoms with Crippen molar-refractivity contribution in [1.82, 2.24) is 9.97 Å². The summed E-state index contributed by atoms with van der Waals surface area (Å²) >= 11 is 0. The number of aromatic nitrogens is 2. The lowest BCUT2D eigenvalue weighted by Crippen LogP contribution is -2.27. The van der Waals surface area contributed by atoms with Crippen LogP contribution in [0.25, 0.3) is 0 Å². The van der Waals surface area contributed by atoms with E-state index in [2.05, 4.69) is 48.1 Å². The lowest BCUT2D eigenvalue weighted by Gasteiger charge is -2.24. The SMILES string of the molecule is CCCc1nc(NN)c(C)c(N(C)CC(C)CC)n1. The summed E-state index contributed by atoms with van der Waals surface area (Å²) in [5, 5.41) is 0. The van der Waals surface area contributed by atoms with Crippen molar-refractivity contribution in [3.05, 3.63) is 11.4 Å². The molecule has 0 amide bonds. The number of hydrogen-bond donors (Lipinski definition) is 2. The summed E-state index contributed by atoms with van der Waals surface area (Å²) < 4.78 is 0. The standard InChI is InChI=1S/C14H27N5/c1-6-8-12-16-13(18-15)11(4)14(17-12)19(5)9-10(3)7-2/h10H,6-9,15H2,1-5H3,(H,16,17,18). The van der Waals surface area contributed by atoms with Crippen molar-refractivity contribution in [2.24, 2.45) is 11.8 Å². The van der Waals surface area contributed by atoms with Gasteiger partial charge in [-0.25, -0.2) is 15.8 Å². The van der Waals surface area contributed by atoms with Crippen molar-refractivity contribution in [2.75, 3.05) is 23.9 Å². The van der Waals surface area contributed by atoms with Gasteiger partial charge >= 0.3 is 0 Å². The third-order valence-corrected chi connectivity index (χ3v) is 3.42. The number of nitrogens with two attached hydrogens (primary N) is 1. The monoisotopic (exact) mass is 265 g/mol. The number of anilines is 2. The Morgan fingerprint density at radius 3 is 2.53 bits per heavy atom. The van der Waals surface area contributed by atoms with E-state index in [1.807, 2.05) is 6.92 Å². The van der Waals surface area contributed by atoms with E-state index in [-0.39, 0.29) is 0 Å². The fourth-order valence-corrected chi connectivity index (χ4v) is 2.08. The zero-order valence-corrected chi connectivity index (χ0v) is 12.8. The minimum atomic E-state index is 0.642. The number of nitrogen functional groups attached to an aromatic ring is 1. The second kappa shape index (κ2) is 7.28. The highest BCUT2D eigenvalue weighted by molar-refractivity contribution is 5.57. The van der Waals surface area contributed by atoms with E-state index in [4.69, 9.17) is 5.84 Å². The molecule has 0 aliphatic rings. The summed E-state index contributed by atoms with van der Waals surface area (Å²) in [7, 11) is 2.08. The topological polar surface area (TPSA) is 67.1 Å². The number of hydrogen-bond acceptors (Lipinski definition) is 5. The van der Waals surface area contributed by atoms with E-state index in [1.54, 1.807) is 0 Å². The predicted octanol–water partition coefficient (Wildman–Crippen LogP) is 2.51. The summed E-state index contributed by atoms with van der Waals surface area (Å²) in [5.41, 5.74) is 3.69. The quantitative estimate of drug-likeness (QED) is 0.585. The van der Waals surface area contributed by atoms with Crippen molar-refractivity contribution in [1.29, 1.82) is 0 Å². The summed E-state index contributed by atoms with van der Waals surface area (Å²) in [5.74, 6) is 8.75. The average Bonchev–Trinajstić information content (AvgIpc) is 2.40. The largest absolute Gasteiger partial charge is 0.359 e. The molecule has 0 aliphatic heterocycles. The molecule has 0 saturated heterocycles. The van der Waals surface area contributed by atoms with Gasteiger partial charge in [-0.15, -0.1) is 0 Å². The van der Waals surface area contributed by atoms with Gasteiger partial charge in [-0.3, -0.25) is 0 Å². The van der Waals surface area contributed by atoms with E-state index in [0.717, 1.165) is 48.8 Å². The van der Waals surface area contributed by atoms with Crippen molar-refractivity contribution in [3.8, 4) is 0 Å². The fourth-order valence-electron chi connectivity index (χ4n) is 2.08. The highest BCUT2D eigenvalue weighted by Gasteiger charge is 2.15. The van der Waals surface area contributed by atoms with E-state index >= 15 is 0 Å². The Labute approximate surface area is 116 Å². The van der Waals surface area contributed by atoms with E-state index < -0.39 is 0 Å². The third kappa shape index (κ3) is 4.06. The Balaban J connectivity index is 3.06. The molecule has 1 aromatic rings. The molecule has 108 valence electrons. The first-order valence-corrected chi connectivity index (χ1v) is 7.08.